The fraction of sp³-hybridized carbons (Fsp3) is 0.667. The van der Waals surface area contributed by atoms with E-state index in [-0.39, 0.29) is 0 Å². The first-order valence-electron chi connectivity index (χ1n) is 8.24. The van der Waals surface area contributed by atoms with Crippen LogP contribution >= 0.6 is 0 Å². The average Bonchev–Trinajstić information content (AvgIpc) is 2.48. The van der Waals surface area contributed by atoms with Gasteiger partial charge in [-0.05, 0) is 62.8 Å². The fourth-order valence-corrected chi connectivity index (χ4v) is 3.25. The number of benzene rings is 1. The normalized spacial score (nSPS) is 24.4. The van der Waals surface area contributed by atoms with Crippen molar-refractivity contribution in [2.24, 2.45) is 5.92 Å². The molecule has 2 heteroatoms. The van der Waals surface area contributed by atoms with E-state index < -0.39 is 0 Å². The third kappa shape index (κ3) is 3.99. The van der Waals surface area contributed by atoms with Crippen molar-refractivity contribution in [1.82, 2.24) is 5.32 Å². The van der Waals surface area contributed by atoms with Gasteiger partial charge in [0.05, 0.1) is 0 Å². The van der Waals surface area contributed by atoms with Gasteiger partial charge in [0, 0.05) is 6.04 Å². The van der Waals surface area contributed by atoms with Crippen molar-refractivity contribution in [3.05, 3.63) is 29.8 Å². The second-order valence-electron chi connectivity index (χ2n) is 5.96. The van der Waals surface area contributed by atoms with E-state index in [1.54, 1.807) is 0 Å². The van der Waals surface area contributed by atoms with Crippen molar-refractivity contribution in [1.29, 1.82) is 0 Å². The molecule has 1 aliphatic carbocycles. The Balaban J connectivity index is 2.03. The van der Waals surface area contributed by atoms with Crippen LogP contribution < -0.4 is 10.1 Å². The van der Waals surface area contributed by atoms with Gasteiger partial charge in [-0.2, -0.15) is 0 Å². The number of hydrogen-bond acceptors (Lipinski definition) is 2. The van der Waals surface area contributed by atoms with E-state index in [0.29, 0.717) is 12.1 Å². The van der Waals surface area contributed by atoms with Crippen molar-refractivity contribution >= 4 is 0 Å². The van der Waals surface area contributed by atoms with Crippen LogP contribution in [0.3, 0.4) is 0 Å². The molecule has 0 aromatic heterocycles. The molecule has 0 spiro atoms. The predicted octanol–water partition coefficient (Wildman–Crippen LogP) is 4.70. The van der Waals surface area contributed by atoms with Crippen molar-refractivity contribution in [3.63, 3.8) is 0 Å². The maximum Gasteiger partial charge on any atom is 0.120 e. The van der Waals surface area contributed by atoms with E-state index in [9.17, 15) is 0 Å². The van der Waals surface area contributed by atoms with Crippen LogP contribution in [0.1, 0.15) is 64.5 Å². The van der Waals surface area contributed by atoms with Crippen LogP contribution in [0.4, 0.5) is 0 Å². The molecule has 1 aliphatic rings. The Bertz CT molecular complexity index is 404. The molecule has 3 unspecified atom stereocenters. The average molecular weight is 275 g/mol. The first-order chi connectivity index (χ1) is 9.74. The zero-order chi connectivity index (χ0) is 14.4. The zero-order valence-corrected chi connectivity index (χ0v) is 13.2. The summed E-state index contributed by atoms with van der Waals surface area (Å²) >= 11 is 0. The summed E-state index contributed by atoms with van der Waals surface area (Å²) in [6.45, 7) is 7.63. The van der Waals surface area contributed by atoms with Crippen molar-refractivity contribution < 1.29 is 4.74 Å². The lowest BCUT2D eigenvalue weighted by Crippen LogP contribution is -2.30. The van der Waals surface area contributed by atoms with Crippen LogP contribution in [0.2, 0.25) is 0 Å². The minimum absolute atomic E-state index is 0.386. The summed E-state index contributed by atoms with van der Waals surface area (Å²) in [5, 5.41) is 3.46. The van der Waals surface area contributed by atoms with Crippen molar-refractivity contribution in [2.45, 2.75) is 65.0 Å². The summed E-state index contributed by atoms with van der Waals surface area (Å²) in [6.07, 6.45) is 6.88. The Morgan fingerprint density at radius 3 is 2.80 bits per heavy atom. The molecule has 1 saturated carbocycles. The highest BCUT2D eigenvalue weighted by Crippen LogP contribution is 2.31. The van der Waals surface area contributed by atoms with Gasteiger partial charge in [0.2, 0.25) is 0 Å². The third-order valence-corrected chi connectivity index (χ3v) is 4.52. The lowest BCUT2D eigenvalue weighted by Gasteiger charge is -2.31. The van der Waals surface area contributed by atoms with Gasteiger partial charge in [-0.3, -0.25) is 0 Å². The Hall–Kier alpha value is -1.02. The van der Waals surface area contributed by atoms with Crippen LogP contribution in [-0.2, 0) is 0 Å². The standard InChI is InChI=1S/C18H29NO/c1-4-15-9-6-7-12-18(15)20-17-11-8-10-16(13-17)14(3)19-5-2/h8,10-11,13-15,18-19H,4-7,9,12H2,1-3H3. The van der Waals surface area contributed by atoms with Crippen LogP contribution in [-0.4, -0.2) is 12.6 Å². The molecule has 0 amide bonds. The molecule has 2 nitrogen and oxygen atoms in total. The Kier molecular flexibility index (Phi) is 5.90. The van der Waals surface area contributed by atoms with Crippen LogP contribution in [0.15, 0.2) is 24.3 Å². The van der Waals surface area contributed by atoms with Gasteiger partial charge in [0.25, 0.3) is 0 Å². The van der Waals surface area contributed by atoms with E-state index in [1.807, 2.05) is 0 Å². The second kappa shape index (κ2) is 7.68. The highest BCUT2D eigenvalue weighted by Gasteiger charge is 2.25. The van der Waals surface area contributed by atoms with E-state index in [2.05, 4.69) is 50.4 Å². The Labute approximate surface area is 123 Å². The number of rotatable bonds is 6. The Morgan fingerprint density at radius 2 is 2.05 bits per heavy atom. The largest absolute Gasteiger partial charge is 0.490 e. The number of hydrogen-bond donors (Lipinski definition) is 1. The summed E-state index contributed by atoms with van der Waals surface area (Å²) in [6, 6.07) is 8.98. The molecule has 1 aromatic carbocycles. The maximum atomic E-state index is 6.30. The van der Waals surface area contributed by atoms with Gasteiger partial charge in [-0.1, -0.05) is 32.4 Å². The van der Waals surface area contributed by atoms with Crippen LogP contribution in [0, 0.1) is 5.92 Å². The molecule has 0 saturated heterocycles. The molecule has 0 radical (unpaired) electrons. The van der Waals surface area contributed by atoms with E-state index in [0.717, 1.165) is 18.2 Å². The molecule has 1 fully saturated rings. The van der Waals surface area contributed by atoms with Gasteiger partial charge < -0.3 is 10.1 Å². The van der Waals surface area contributed by atoms with Gasteiger partial charge in [0.1, 0.15) is 11.9 Å². The van der Waals surface area contributed by atoms with Gasteiger partial charge in [-0.25, -0.2) is 0 Å². The van der Waals surface area contributed by atoms with E-state index >= 15 is 0 Å². The molecule has 0 bridgehead atoms. The molecular weight excluding hydrogens is 246 g/mol. The summed E-state index contributed by atoms with van der Waals surface area (Å²) in [5.74, 6) is 1.77. The van der Waals surface area contributed by atoms with E-state index in [1.165, 1.54) is 37.7 Å². The lowest BCUT2D eigenvalue weighted by atomic mass is 9.85. The zero-order valence-electron chi connectivity index (χ0n) is 13.2. The van der Waals surface area contributed by atoms with Crippen molar-refractivity contribution in [3.8, 4) is 5.75 Å². The summed E-state index contributed by atoms with van der Waals surface area (Å²) in [5.41, 5.74) is 1.31. The van der Waals surface area contributed by atoms with Crippen molar-refractivity contribution in [2.75, 3.05) is 6.54 Å². The first-order valence-corrected chi connectivity index (χ1v) is 8.24. The third-order valence-electron chi connectivity index (χ3n) is 4.52. The van der Waals surface area contributed by atoms with Crippen LogP contribution in [0.25, 0.3) is 0 Å². The molecule has 1 aromatic rings. The Morgan fingerprint density at radius 1 is 1.25 bits per heavy atom. The highest BCUT2D eigenvalue weighted by molar-refractivity contribution is 5.30. The molecule has 1 N–H and O–H groups in total. The molecule has 2 rings (SSSR count). The molecule has 20 heavy (non-hydrogen) atoms. The fourth-order valence-electron chi connectivity index (χ4n) is 3.25. The number of ether oxygens (including phenoxy) is 1. The molecule has 0 heterocycles. The van der Waals surface area contributed by atoms with Crippen LogP contribution in [0.5, 0.6) is 5.75 Å². The van der Waals surface area contributed by atoms with E-state index in [4.69, 9.17) is 4.74 Å². The smallest absolute Gasteiger partial charge is 0.120 e. The summed E-state index contributed by atoms with van der Waals surface area (Å²) in [4.78, 5) is 0. The maximum absolute atomic E-state index is 6.30. The first kappa shape index (κ1) is 15.4. The minimum Gasteiger partial charge on any atom is -0.490 e. The second-order valence-corrected chi connectivity index (χ2v) is 5.96. The molecule has 3 atom stereocenters. The quantitative estimate of drug-likeness (QED) is 0.812. The SMILES string of the molecule is CCNC(C)c1cccc(OC2CCCCC2CC)c1. The predicted molar refractivity (Wildman–Crippen MR) is 85.2 cm³/mol. The number of nitrogens with one attached hydrogen (secondary N) is 1. The minimum atomic E-state index is 0.386. The molecule has 0 aliphatic heterocycles. The van der Waals surface area contributed by atoms with Gasteiger partial charge >= 0.3 is 0 Å². The lowest BCUT2D eigenvalue weighted by molar-refractivity contribution is 0.0903. The van der Waals surface area contributed by atoms with Gasteiger partial charge in [0.15, 0.2) is 0 Å². The molecule has 112 valence electrons. The summed E-state index contributed by atoms with van der Waals surface area (Å²) < 4.78 is 6.30. The summed E-state index contributed by atoms with van der Waals surface area (Å²) in [7, 11) is 0. The molecular formula is C18H29NO. The monoisotopic (exact) mass is 275 g/mol. The topological polar surface area (TPSA) is 21.3 Å². The van der Waals surface area contributed by atoms with Gasteiger partial charge in [-0.15, -0.1) is 0 Å². The highest BCUT2D eigenvalue weighted by atomic mass is 16.5.